The van der Waals surface area contributed by atoms with Gasteiger partial charge in [-0.1, -0.05) is 18.2 Å². The maximum atomic E-state index is 11.5. The molecule has 1 aromatic heterocycles. The number of benzene rings is 1. The largest absolute Gasteiger partial charge is 0.478 e. The van der Waals surface area contributed by atoms with Crippen molar-refractivity contribution in [2.75, 3.05) is 24.6 Å². The number of aliphatic hydroxyl groups is 1. The van der Waals surface area contributed by atoms with Crippen molar-refractivity contribution in [3.05, 3.63) is 36.0 Å². The van der Waals surface area contributed by atoms with E-state index in [9.17, 15) is 15.0 Å². The summed E-state index contributed by atoms with van der Waals surface area (Å²) in [6.45, 7) is 1.59. The molecule has 1 aromatic carbocycles. The third-order valence-electron chi connectivity index (χ3n) is 3.84. The van der Waals surface area contributed by atoms with E-state index in [1.54, 1.807) is 0 Å². The summed E-state index contributed by atoms with van der Waals surface area (Å²) in [5, 5.41) is 19.5. The zero-order valence-corrected chi connectivity index (χ0v) is 11.0. The molecule has 0 amide bonds. The first-order valence-electron chi connectivity index (χ1n) is 6.67. The number of carboxylic acids is 1. The van der Waals surface area contributed by atoms with Crippen LogP contribution >= 0.6 is 0 Å². The third kappa shape index (κ3) is 2.10. The summed E-state index contributed by atoms with van der Waals surface area (Å²) in [6.07, 6.45) is 2.30. The average Bonchev–Trinajstić information content (AvgIpc) is 2.94. The van der Waals surface area contributed by atoms with Gasteiger partial charge in [-0.2, -0.15) is 0 Å². The predicted molar refractivity (Wildman–Crippen MR) is 76.1 cm³/mol. The van der Waals surface area contributed by atoms with E-state index in [1.165, 1.54) is 6.20 Å². The summed E-state index contributed by atoms with van der Waals surface area (Å²) in [4.78, 5) is 17.7. The van der Waals surface area contributed by atoms with Crippen molar-refractivity contribution < 1.29 is 15.0 Å². The van der Waals surface area contributed by atoms with Crippen molar-refractivity contribution in [2.45, 2.75) is 6.42 Å². The van der Waals surface area contributed by atoms with Gasteiger partial charge in [0.2, 0.25) is 0 Å². The number of aromatic carboxylic acids is 1. The number of fused-ring (bicyclic) bond motifs is 1. The number of carboxylic acid groups (broad SMARTS) is 1. The van der Waals surface area contributed by atoms with Crippen LogP contribution in [-0.2, 0) is 0 Å². The summed E-state index contributed by atoms with van der Waals surface area (Å²) in [7, 11) is 0. The SMILES string of the molecule is O=C(O)c1cnc2ccccc2c1N1CCC(CO)C1. The van der Waals surface area contributed by atoms with Crippen LogP contribution in [0.3, 0.4) is 0 Å². The standard InChI is InChI=1S/C15H16N2O3/c18-9-10-5-6-17(8-10)14-11-3-1-2-4-13(11)16-7-12(14)15(19)20/h1-4,7,10,18H,5-6,8-9H2,(H,19,20). The Balaban J connectivity index is 2.15. The van der Waals surface area contributed by atoms with Gasteiger partial charge in [-0.3, -0.25) is 4.98 Å². The highest BCUT2D eigenvalue weighted by Crippen LogP contribution is 2.33. The first-order valence-corrected chi connectivity index (χ1v) is 6.67. The highest BCUT2D eigenvalue weighted by Gasteiger charge is 2.27. The summed E-state index contributed by atoms with van der Waals surface area (Å²) in [5.74, 6) is -0.755. The van der Waals surface area contributed by atoms with Gasteiger partial charge in [0, 0.05) is 37.2 Å². The lowest BCUT2D eigenvalue weighted by Gasteiger charge is -2.22. The fraction of sp³-hybridized carbons (Fsp3) is 0.333. The second-order valence-electron chi connectivity index (χ2n) is 5.13. The van der Waals surface area contributed by atoms with Crippen LogP contribution in [0, 0.1) is 5.92 Å². The van der Waals surface area contributed by atoms with Crippen molar-refractivity contribution in [1.82, 2.24) is 4.98 Å². The maximum absolute atomic E-state index is 11.5. The summed E-state index contributed by atoms with van der Waals surface area (Å²) in [5.41, 5.74) is 1.74. The van der Waals surface area contributed by atoms with E-state index in [2.05, 4.69) is 4.98 Å². The molecule has 0 spiro atoms. The molecule has 5 heteroatoms. The topological polar surface area (TPSA) is 73.7 Å². The minimum absolute atomic E-state index is 0.141. The minimum atomic E-state index is -0.967. The lowest BCUT2D eigenvalue weighted by atomic mass is 10.1. The van der Waals surface area contributed by atoms with E-state index in [1.807, 2.05) is 29.2 Å². The normalized spacial score (nSPS) is 18.6. The number of para-hydroxylation sites is 1. The van der Waals surface area contributed by atoms with Gasteiger partial charge in [-0.25, -0.2) is 4.79 Å². The smallest absolute Gasteiger partial charge is 0.339 e. The molecule has 1 atom stereocenters. The molecular formula is C15H16N2O3. The molecule has 104 valence electrons. The molecule has 0 aliphatic carbocycles. The van der Waals surface area contributed by atoms with Gasteiger partial charge in [-0.15, -0.1) is 0 Å². The van der Waals surface area contributed by atoms with Crippen molar-refractivity contribution in [1.29, 1.82) is 0 Å². The fourth-order valence-electron chi connectivity index (χ4n) is 2.81. The Morgan fingerprint density at radius 1 is 1.40 bits per heavy atom. The van der Waals surface area contributed by atoms with Gasteiger partial charge in [-0.05, 0) is 12.5 Å². The Morgan fingerprint density at radius 2 is 2.20 bits per heavy atom. The molecule has 1 fully saturated rings. The molecular weight excluding hydrogens is 256 g/mol. The molecule has 2 heterocycles. The zero-order chi connectivity index (χ0) is 14.1. The molecule has 1 aliphatic heterocycles. The van der Waals surface area contributed by atoms with Crippen LogP contribution in [0.25, 0.3) is 10.9 Å². The van der Waals surface area contributed by atoms with E-state index < -0.39 is 5.97 Å². The van der Waals surface area contributed by atoms with E-state index in [-0.39, 0.29) is 18.1 Å². The van der Waals surface area contributed by atoms with Crippen molar-refractivity contribution in [3.63, 3.8) is 0 Å². The Kier molecular flexibility index (Phi) is 3.28. The van der Waals surface area contributed by atoms with Gasteiger partial charge in [0.25, 0.3) is 0 Å². The monoisotopic (exact) mass is 272 g/mol. The Labute approximate surface area is 116 Å². The molecule has 2 aromatic rings. The Bertz CT molecular complexity index is 657. The van der Waals surface area contributed by atoms with Crippen LogP contribution in [0.2, 0.25) is 0 Å². The molecule has 2 N–H and O–H groups in total. The number of rotatable bonds is 3. The molecule has 0 bridgehead atoms. The van der Waals surface area contributed by atoms with Crippen molar-refractivity contribution in [3.8, 4) is 0 Å². The van der Waals surface area contributed by atoms with Gasteiger partial charge >= 0.3 is 5.97 Å². The number of aromatic nitrogens is 1. The van der Waals surface area contributed by atoms with E-state index in [0.717, 1.165) is 29.6 Å². The molecule has 5 nitrogen and oxygen atoms in total. The number of carbonyl (C=O) groups is 1. The van der Waals surface area contributed by atoms with Gasteiger partial charge in [0.05, 0.1) is 11.2 Å². The minimum Gasteiger partial charge on any atom is -0.478 e. The fourth-order valence-corrected chi connectivity index (χ4v) is 2.81. The quantitative estimate of drug-likeness (QED) is 0.890. The predicted octanol–water partition coefficient (Wildman–Crippen LogP) is 1.75. The second kappa shape index (κ2) is 5.09. The highest BCUT2D eigenvalue weighted by molar-refractivity contribution is 6.04. The summed E-state index contributed by atoms with van der Waals surface area (Å²) in [6, 6.07) is 7.55. The number of pyridine rings is 1. The summed E-state index contributed by atoms with van der Waals surface area (Å²) >= 11 is 0. The summed E-state index contributed by atoms with van der Waals surface area (Å²) < 4.78 is 0. The van der Waals surface area contributed by atoms with Crippen molar-refractivity contribution >= 4 is 22.6 Å². The van der Waals surface area contributed by atoms with Crippen LogP contribution in [-0.4, -0.2) is 40.9 Å². The maximum Gasteiger partial charge on any atom is 0.339 e. The molecule has 1 saturated heterocycles. The van der Waals surface area contributed by atoms with Gasteiger partial charge in [0.1, 0.15) is 5.56 Å². The van der Waals surface area contributed by atoms with Crippen LogP contribution in [0.1, 0.15) is 16.8 Å². The Morgan fingerprint density at radius 3 is 2.90 bits per heavy atom. The first kappa shape index (κ1) is 12.9. The van der Waals surface area contributed by atoms with Gasteiger partial charge in [0.15, 0.2) is 0 Å². The molecule has 1 unspecified atom stereocenters. The number of anilines is 1. The Hall–Kier alpha value is -2.14. The number of nitrogens with zero attached hydrogens (tertiary/aromatic N) is 2. The van der Waals surface area contributed by atoms with Crippen LogP contribution in [0.15, 0.2) is 30.5 Å². The van der Waals surface area contributed by atoms with Crippen LogP contribution in [0.5, 0.6) is 0 Å². The van der Waals surface area contributed by atoms with Crippen molar-refractivity contribution in [2.24, 2.45) is 5.92 Å². The number of aliphatic hydroxyl groups excluding tert-OH is 1. The molecule has 1 aliphatic rings. The number of hydrogen-bond acceptors (Lipinski definition) is 4. The lowest BCUT2D eigenvalue weighted by molar-refractivity contribution is 0.0697. The van der Waals surface area contributed by atoms with E-state index in [0.29, 0.717) is 6.54 Å². The third-order valence-corrected chi connectivity index (χ3v) is 3.84. The highest BCUT2D eigenvalue weighted by atomic mass is 16.4. The first-order chi connectivity index (χ1) is 9.70. The molecule has 3 rings (SSSR count). The van der Waals surface area contributed by atoms with E-state index in [4.69, 9.17) is 0 Å². The number of hydrogen-bond donors (Lipinski definition) is 2. The van der Waals surface area contributed by atoms with Crippen LogP contribution < -0.4 is 4.90 Å². The molecule has 20 heavy (non-hydrogen) atoms. The van der Waals surface area contributed by atoms with Crippen LogP contribution in [0.4, 0.5) is 5.69 Å². The molecule has 0 radical (unpaired) electrons. The zero-order valence-electron chi connectivity index (χ0n) is 11.0. The lowest BCUT2D eigenvalue weighted by Crippen LogP contribution is -2.23. The second-order valence-corrected chi connectivity index (χ2v) is 5.13. The molecule has 0 saturated carbocycles. The average molecular weight is 272 g/mol. The van der Waals surface area contributed by atoms with Gasteiger partial charge < -0.3 is 15.1 Å². The van der Waals surface area contributed by atoms with E-state index >= 15 is 0 Å².